The Balaban J connectivity index is 1.62. The maximum Gasteiger partial charge on any atom is 0.303 e. The first-order valence-corrected chi connectivity index (χ1v) is 11.8. The zero-order valence-corrected chi connectivity index (χ0v) is 18.2. The molecule has 0 heterocycles. The summed E-state index contributed by atoms with van der Waals surface area (Å²) >= 11 is 0. The number of carboxylic acids is 1. The summed E-state index contributed by atoms with van der Waals surface area (Å²) < 4.78 is 31.9. The van der Waals surface area contributed by atoms with E-state index < -0.39 is 17.3 Å². The van der Waals surface area contributed by atoms with Gasteiger partial charge in [-0.2, -0.15) is 0 Å². The lowest BCUT2D eigenvalue weighted by atomic mass is 9.43. The summed E-state index contributed by atoms with van der Waals surface area (Å²) in [6, 6.07) is 0. The number of aliphatic carboxylic acids is 1. The molecular formula is C24H38F2O3. The first-order chi connectivity index (χ1) is 13.5. The van der Waals surface area contributed by atoms with E-state index in [1.165, 1.54) is 0 Å². The number of carboxylic acid groups (broad SMARTS) is 1. The predicted molar refractivity (Wildman–Crippen MR) is 108 cm³/mol. The van der Waals surface area contributed by atoms with E-state index >= 15 is 8.78 Å². The van der Waals surface area contributed by atoms with Crippen molar-refractivity contribution in [3.63, 3.8) is 0 Å². The van der Waals surface area contributed by atoms with Gasteiger partial charge < -0.3 is 10.2 Å². The van der Waals surface area contributed by atoms with Crippen molar-refractivity contribution in [2.24, 2.45) is 46.3 Å². The van der Waals surface area contributed by atoms with E-state index in [0.717, 1.165) is 44.9 Å². The second kappa shape index (κ2) is 7.17. The maximum atomic E-state index is 16.0. The second-order valence-corrected chi connectivity index (χ2v) is 11.4. The molecule has 166 valence electrons. The number of hydrogen-bond acceptors (Lipinski definition) is 2. The summed E-state index contributed by atoms with van der Waals surface area (Å²) in [5, 5.41) is 19.2. The van der Waals surface area contributed by atoms with Crippen molar-refractivity contribution in [1.82, 2.24) is 0 Å². The van der Waals surface area contributed by atoms with Gasteiger partial charge in [-0.15, -0.1) is 0 Å². The SMILES string of the molecule is C[C@H](CCC(=O)O)C1CC[C@H]2[C@@H]3CC[C@@H]4C[C@H](O)CCC4(C)[C@H]3CC(F)(F)[C@]12C. The summed E-state index contributed by atoms with van der Waals surface area (Å²) in [5.74, 6) is -2.81. The van der Waals surface area contributed by atoms with E-state index in [2.05, 4.69) is 6.92 Å². The summed E-state index contributed by atoms with van der Waals surface area (Å²) in [7, 11) is 0. The van der Waals surface area contributed by atoms with Crippen molar-refractivity contribution in [2.45, 2.75) is 97.0 Å². The number of aliphatic hydroxyl groups is 1. The molecule has 0 radical (unpaired) electrons. The Hall–Kier alpha value is -0.710. The lowest BCUT2D eigenvalue weighted by Gasteiger charge is -2.63. The van der Waals surface area contributed by atoms with E-state index in [1.807, 2.05) is 13.8 Å². The molecule has 2 unspecified atom stereocenters. The molecule has 0 aromatic carbocycles. The first-order valence-electron chi connectivity index (χ1n) is 11.8. The van der Waals surface area contributed by atoms with Crippen LogP contribution in [0.25, 0.3) is 0 Å². The smallest absolute Gasteiger partial charge is 0.303 e. The van der Waals surface area contributed by atoms with Gasteiger partial charge in [-0.3, -0.25) is 4.79 Å². The van der Waals surface area contributed by atoms with Gasteiger partial charge in [0, 0.05) is 18.3 Å². The van der Waals surface area contributed by atoms with E-state index in [-0.39, 0.29) is 48.0 Å². The molecule has 0 aromatic rings. The molecule has 0 aliphatic heterocycles. The molecule has 0 bridgehead atoms. The van der Waals surface area contributed by atoms with Gasteiger partial charge in [0.15, 0.2) is 0 Å². The van der Waals surface area contributed by atoms with Crippen molar-refractivity contribution in [2.75, 3.05) is 0 Å². The molecule has 4 aliphatic rings. The molecule has 2 N–H and O–H groups in total. The molecule has 4 rings (SSSR count). The Labute approximate surface area is 173 Å². The highest BCUT2D eigenvalue weighted by Crippen LogP contribution is 2.72. The van der Waals surface area contributed by atoms with Gasteiger partial charge in [-0.1, -0.05) is 20.8 Å². The van der Waals surface area contributed by atoms with Crippen molar-refractivity contribution in [3.05, 3.63) is 0 Å². The van der Waals surface area contributed by atoms with E-state index in [1.54, 1.807) is 0 Å². The predicted octanol–water partition coefficient (Wildman–Crippen LogP) is 5.75. The van der Waals surface area contributed by atoms with Gasteiger partial charge in [0.1, 0.15) is 0 Å². The Morgan fingerprint density at radius 1 is 1.10 bits per heavy atom. The fourth-order valence-electron chi connectivity index (χ4n) is 8.64. The summed E-state index contributed by atoms with van der Waals surface area (Å²) in [4.78, 5) is 11.0. The van der Waals surface area contributed by atoms with Crippen LogP contribution in [0.15, 0.2) is 0 Å². The van der Waals surface area contributed by atoms with Gasteiger partial charge in [0.25, 0.3) is 5.92 Å². The minimum absolute atomic E-state index is 0.0141. The summed E-state index contributed by atoms with van der Waals surface area (Å²) in [5.41, 5.74) is -1.08. The van der Waals surface area contributed by atoms with Crippen LogP contribution in [0.2, 0.25) is 0 Å². The Morgan fingerprint density at radius 2 is 1.83 bits per heavy atom. The number of halogens is 2. The standard InChI is InChI=1S/C24H38F2O3/c1-14(4-9-21(28)29)18-7-8-19-17-6-5-15-12-16(27)10-11-22(15,2)20(17)13-24(25,26)23(18,19)3/h14-20,27H,4-13H2,1-3H3,(H,28,29)/t14-,15-,16-,17+,18?,19+,20+,22?,23-/m1/s1. The van der Waals surface area contributed by atoms with E-state index in [0.29, 0.717) is 18.3 Å². The quantitative estimate of drug-likeness (QED) is 0.618. The minimum Gasteiger partial charge on any atom is -0.481 e. The minimum atomic E-state index is -2.71. The Morgan fingerprint density at radius 3 is 2.52 bits per heavy atom. The summed E-state index contributed by atoms with van der Waals surface area (Å²) in [6.45, 7) is 6.06. The van der Waals surface area contributed by atoms with Crippen LogP contribution >= 0.6 is 0 Å². The second-order valence-electron chi connectivity index (χ2n) is 11.4. The van der Waals surface area contributed by atoms with Crippen molar-refractivity contribution >= 4 is 5.97 Å². The van der Waals surface area contributed by atoms with Crippen LogP contribution in [0.3, 0.4) is 0 Å². The number of carbonyl (C=O) groups is 1. The molecule has 4 fully saturated rings. The molecule has 4 aliphatic carbocycles. The molecule has 0 spiro atoms. The molecule has 29 heavy (non-hydrogen) atoms. The van der Waals surface area contributed by atoms with E-state index in [4.69, 9.17) is 5.11 Å². The zero-order valence-electron chi connectivity index (χ0n) is 18.2. The highest BCUT2D eigenvalue weighted by Gasteiger charge is 2.70. The normalized spacial score (nSPS) is 49.6. The van der Waals surface area contributed by atoms with E-state index in [9.17, 15) is 9.90 Å². The topological polar surface area (TPSA) is 57.5 Å². The number of alkyl halides is 2. The number of rotatable bonds is 4. The fraction of sp³-hybridized carbons (Fsp3) is 0.958. The lowest BCUT2D eigenvalue weighted by Crippen LogP contribution is -2.61. The third-order valence-electron chi connectivity index (χ3n) is 10.3. The molecule has 9 atom stereocenters. The molecule has 3 nitrogen and oxygen atoms in total. The lowest BCUT2D eigenvalue weighted by molar-refractivity contribution is -0.246. The number of aliphatic hydroxyl groups excluding tert-OH is 1. The van der Waals surface area contributed by atoms with Crippen molar-refractivity contribution < 1.29 is 23.8 Å². The van der Waals surface area contributed by atoms with Crippen LogP contribution in [0.5, 0.6) is 0 Å². The number of hydrogen-bond donors (Lipinski definition) is 2. The van der Waals surface area contributed by atoms with Gasteiger partial charge >= 0.3 is 5.97 Å². The van der Waals surface area contributed by atoms with Crippen LogP contribution in [0.1, 0.15) is 85.0 Å². The average molecular weight is 413 g/mol. The first kappa shape index (κ1) is 21.5. The highest BCUT2D eigenvalue weighted by atomic mass is 19.3. The monoisotopic (exact) mass is 412 g/mol. The van der Waals surface area contributed by atoms with Crippen LogP contribution in [-0.4, -0.2) is 28.2 Å². The molecule has 5 heteroatoms. The Kier molecular flexibility index (Phi) is 5.32. The largest absolute Gasteiger partial charge is 0.481 e. The molecule has 0 amide bonds. The molecule has 0 saturated heterocycles. The van der Waals surface area contributed by atoms with Gasteiger partial charge in [0.2, 0.25) is 0 Å². The van der Waals surface area contributed by atoms with Crippen LogP contribution in [0, 0.1) is 46.3 Å². The van der Waals surface area contributed by atoms with Crippen LogP contribution in [0.4, 0.5) is 8.78 Å². The molecule has 0 aromatic heterocycles. The van der Waals surface area contributed by atoms with Crippen molar-refractivity contribution in [3.8, 4) is 0 Å². The molecular weight excluding hydrogens is 374 g/mol. The number of fused-ring (bicyclic) bond motifs is 5. The Bertz CT molecular complexity index is 652. The van der Waals surface area contributed by atoms with Crippen LogP contribution in [-0.2, 0) is 4.79 Å². The average Bonchev–Trinajstić information content (AvgIpc) is 3.00. The van der Waals surface area contributed by atoms with Crippen LogP contribution < -0.4 is 0 Å². The zero-order chi connectivity index (χ0) is 21.2. The van der Waals surface area contributed by atoms with Gasteiger partial charge in [-0.05, 0) is 92.3 Å². The molecule has 4 saturated carbocycles. The summed E-state index contributed by atoms with van der Waals surface area (Å²) in [6.07, 6.45) is 6.43. The van der Waals surface area contributed by atoms with Gasteiger partial charge in [-0.25, -0.2) is 8.78 Å². The fourth-order valence-corrected chi connectivity index (χ4v) is 8.64. The van der Waals surface area contributed by atoms with Gasteiger partial charge in [0.05, 0.1) is 6.10 Å². The van der Waals surface area contributed by atoms with Crippen molar-refractivity contribution in [1.29, 1.82) is 0 Å². The third-order valence-corrected chi connectivity index (χ3v) is 10.3. The third kappa shape index (κ3) is 3.16. The maximum absolute atomic E-state index is 16.0. The highest BCUT2D eigenvalue weighted by molar-refractivity contribution is 5.66.